The van der Waals surface area contributed by atoms with Crippen LogP contribution in [0.15, 0.2) is 65.6 Å². The van der Waals surface area contributed by atoms with Crippen LogP contribution >= 0.6 is 0 Å². The van der Waals surface area contributed by atoms with Gasteiger partial charge in [-0.25, -0.2) is 8.42 Å². The molecule has 0 saturated carbocycles. The van der Waals surface area contributed by atoms with E-state index < -0.39 is 21.5 Å². The molecule has 0 heterocycles. The Hall–Kier alpha value is -2.18. The normalized spacial score (nSPS) is 12.0. The van der Waals surface area contributed by atoms with Gasteiger partial charge in [-0.2, -0.15) is 0 Å². The van der Waals surface area contributed by atoms with Crippen molar-refractivity contribution in [1.82, 2.24) is 9.84 Å². The maximum Gasteiger partial charge on any atom is 0.269 e. The summed E-state index contributed by atoms with van der Waals surface area (Å²) in [5, 5.41) is 1.14. The monoisotopic (exact) mass is 332 g/mol. The number of nitrogens with one attached hydrogen (secondary N) is 1. The van der Waals surface area contributed by atoms with E-state index >= 15 is 0 Å². The van der Waals surface area contributed by atoms with Gasteiger partial charge in [0.25, 0.3) is 15.9 Å². The van der Waals surface area contributed by atoms with Crippen molar-refractivity contribution in [3.63, 3.8) is 0 Å². The van der Waals surface area contributed by atoms with Crippen molar-refractivity contribution in [3.05, 3.63) is 66.2 Å². The molecule has 0 atom stereocenters. The predicted molar refractivity (Wildman–Crippen MR) is 89.1 cm³/mol. The quantitative estimate of drug-likeness (QED) is 0.876. The number of hydrazine groups is 1. The molecular weight excluding hydrogens is 312 g/mol. The molecule has 2 aromatic carbocycles. The minimum atomic E-state index is -3.84. The summed E-state index contributed by atoms with van der Waals surface area (Å²) in [4.78, 5) is 15.2. The highest BCUT2D eigenvalue weighted by Crippen LogP contribution is 2.18. The Labute approximate surface area is 137 Å². The summed E-state index contributed by atoms with van der Waals surface area (Å²) in [6.45, 7) is 5.30. The van der Waals surface area contributed by atoms with Crippen molar-refractivity contribution in [2.75, 3.05) is 0 Å². The van der Waals surface area contributed by atoms with Crippen molar-refractivity contribution in [3.8, 4) is 0 Å². The third-order valence-corrected chi connectivity index (χ3v) is 4.48. The van der Waals surface area contributed by atoms with E-state index in [1.807, 2.05) is 0 Å². The summed E-state index contributed by atoms with van der Waals surface area (Å²) in [5.41, 5.74) is -0.312. The minimum absolute atomic E-state index is 0.107. The Morgan fingerprint density at radius 3 is 1.87 bits per heavy atom. The van der Waals surface area contributed by atoms with Crippen LogP contribution in [0.25, 0.3) is 0 Å². The molecule has 0 unspecified atom stereocenters. The molecule has 0 aliphatic carbocycles. The van der Waals surface area contributed by atoms with Gasteiger partial charge in [-0.3, -0.25) is 9.80 Å². The van der Waals surface area contributed by atoms with Crippen LogP contribution in [-0.4, -0.2) is 24.9 Å². The van der Waals surface area contributed by atoms with Crippen LogP contribution < -0.4 is 4.83 Å². The molecule has 122 valence electrons. The first-order valence-electron chi connectivity index (χ1n) is 7.19. The van der Waals surface area contributed by atoms with Crippen molar-refractivity contribution in [1.29, 1.82) is 0 Å². The third kappa shape index (κ3) is 4.18. The highest BCUT2D eigenvalue weighted by Gasteiger charge is 2.31. The molecule has 0 spiro atoms. The number of rotatable bonds is 4. The molecule has 0 aliphatic rings. The van der Waals surface area contributed by atoms with E-state index in [1.54, 1.807) is 69.3 Å². The Kier molecular flexibility index (Phi) is 4.87. The molecule has 23 heavy (non-hydrogen) atoms. The van der Waals surface area contributed by atoms with Crippen molar-refractivity contribution < 1.29 is 13.2 Å². The van der Waals surface area contributed by atoms with Crippen molar-refractivity contribution >= 4 is 15.9 Å². The zero-order valence-corrected chi connectivity index (χ0v) is 14.2. The molecule has 2 aromatic rings. The van der Waals surface area contributed by atoms with Gasteiger partial charge in [0, 0.05) is 5.56 Å². The lowest BCUT2D eigenvalue weighted by Crippen LogP contribution is -2.55. The molecule has 1 amide bonds. The van der Waals surface area contributed by atoms with Crippen LogP contribution in [0.2, 0.25) is 0 Å². The molecule has 2 rings (SSSR count). The second-order valence-corrected chi connectivity index (χ2v) is 7.75. The van der Waals surface area contributed by atoms with E-state index in [9.17, 15) is 13.2 Å². The van der Waals surface area contributed by atoms with Crippen molar-refractivity contribution in [2.24, 2.45) is 0 Å². The topological polar surface area (TPSA) is 66.5 Å². The van der Waals surface area contributed by atoms with E-state index in [1.165, 1.54) is 12.1 Å². The maximum absolute atomic E-state index is 12.7. The number of hydrogen-bond acceptors (Lipinski definition) is 3. The van der Waals surface area contributed by atoms with Gasteiger partial charge in [0.15, 0.2) is 0 Å². The van der Waals surface area contributed by atoms with Gasteiger partial charge in [-0.15, -0.1) is 4.83 Å². The van der Waals surface area contributed by atoms with Gasteiger partial charge in [-0.05, 0) is 45.0 Å². The average molecular weight is 332 g/mol. The zero-order chi connectivity index (χ0) is 17.1. The molecule has 0 bridgehead atoms. The number of carbonyl (C=O) groups excluding carboxylic acids is 1. The van der Waals surface area contributed by atoms with E-state index in [4.69, 9.17) is 0 Å². The molecular formula is C17H20N2O3S. The fraction of sp³-hybridized carbons (Fsp3) is 0.235. The summed E-state index contributed by atoms with van der Waals surface area (Å²) in [5.74, 6) is -0.405. The first-order chi connectivity index (χ1) is 10.7. The molecule has 1 N–H and O–H groups in total. The van der Waals surface area contributed by atoms with E-state index in [-0.39, 0.29) is 4.90 Å². The standard InChI is InChI=1S/C17H20N2O3S/c1-17(2,3)19(16(20)14-10-6-4-7-11-14)18-23(21,22)15-12-8-5-9-13-15/h4-13,18H,1-3H3. The van der Waals surface area contributed by atoms with Crippen LogP contribution in [-0.2, 0) is 10.0 Å². The van der Waals surface area contributed by atoms with Gasteiger partial charge < -0.3 is 0 Å². The molecule has 0 aromatic heterocycles. The Bertz CT molecular complexity index is 766. The fourth-order valence-corrected chi connectivity index (χ4v) is 3.18. The second-order valence-electron chi connectivity index (χ2n) is 6.09. The van der Waals surface area contributed by atoms with Gasteiger partial charge in [0.05, 0.1) is 10.4 Å². The van der Waals surface area contributed by atoms with Gasteiger partial charge in [0.1, 0.15) is 0 Å². The summed E-state index contributed by atoms with van der Waals surface area (Å²) in [6.07, 6.45) is 0. The summed E-state index contributed by atoms with van der Waals surface area (Å²) in [6, 6.07) is 16.5. The molecule has 6 heteroatoms. The number of benzene rings is 2. The molecule has 0 aliphatic heterocycles. The first-order valence-corrected chi connectivity index (χ1v) is 8.67. The number of hydrogen-bond donors (Lipinski definition) is 1. The zero-order valence-electron chi connectivity index (χ0n) is 13.4. The lowest BCUT2D eigenvalue weighted by atomic mass is 10.1. The third-order valence-electron chi connectivity index (χ3n) is 3.16. The van der Waals surface area contributed by atoms with Crippen LogP contribution in [0.4, 0.5) is 0 Å². The van der Waals surface area contributed by atoms with Crippen LogP contribution in [0.3, 0.4) is 0 Å². The van der Waals surface area contributed by atoms with Crippen LogP contribution in [0, 0.1) is 0 Å². The van der Waals surface area contributed by atoms with Crippen LogP contribution in [0.5, 0.6) is 0 Å². The Morgan fingerprint density at radius 2 is 1.39 bits per heavy atom. The lowest BCUT2D eigenvalue weighted by molar-refractivity contribution is 0.0511. The molecule has 5 nitrogen and oxygen atoms in total. The number of carbonyl (C=O) groups is 1. The summed E-state index contributed by atoms with van der Waals surface area (Å²) < 4.78 is 25.0. The van der Waals surface area contributed by atoms with Gasteiger partial charge in [0.2, 0.25) is 0 Å². The number of amides is 1. The van der Waals surface area contributed by atoms with Crippen molar-refractivity contribution in [2.45, 2.75) is 31.2 Å². The van der Waals surface area contributed by atoms with E-state index in [0.29, 0.717) is 5.56 Å². The fourth-order valence-electron chi connectivity index (χ4n) is 1.97. The molecule has 0 fully saturated rings. The van der Waals surface area contributed by atoms with Crippen LogP contribution in [0.1, 0.15) is 31.1 Å². The first kappa shape index (κ1) is 17.2. The SMILES string of the molecule is CC(C)(C)N(NS(=O)(=O)c1ccccc1)C(=O)c1ccccc1. The highest BCUT2D eigenvalue weighted by molar-refractivity contribution is 7.89. The highest BCUT2D eigenvalue weighted by atomic mass is 32.2. The van der Waals surface area contributed by atoms with Gasteiger partial charge in [-0.1, -0.05) is 36.4 Å². The van der Waals surface area contributed by atoms with E-state index in [2.05, 4.69) is 4.83 Å². The molecule has 0 radical (unpaired) electrons. The second kappa shape index (κ2) is 6.52. The summed E-state index contributed by atoms with van der Waals surface area (Å²) >= 11 is 0. The number of nitrogens with zero attached hydrogens (tertiary/aromatic N) is 1. The average Bonchev–Trinajstić information content (AvgIpc) is 2.53. The summed E-state index contributed by atoms with van der Waals surface area (Å²) in [7, 11) is -3.84. The number of sulfonamides is 1. The predicted octanol–water partition coefficient (Wildman–Crippen LogP) is 2.82. The Morgan fingerprint density at radius 1 is 0.913 bits per heavy atom. The smallest absolute Gasteiger partial charge is 0.268 e. The van der Waals surface area contributed by atoms with E-state index in [0.717, 1.165) is 5.01 Å². The molecule has 0 saturated heterocycles. The largest absolute Gasteiger partial charge is 0.269 e. The minimum Gasteiger partial charge on any atom is -0.268 e. The lowest BCUT2D eigenvalue weighted by Gasteiger charge is -2.35. The maximum atomic E-state index is 12.7. The Balaban J connectivity index is 2.36. The van der Waals surface area contributed by atoms with Gasteiger partial charge >= 0.3 is 0 Å².